The average molecular weight is 362 g/mol. The minimum atomic E-state index is -0.580. The van der Waals surface area contributed by atoms with Crippen LogP contribution in [0, 0.1) is 5.92 Å². The monoisotopic (exact) mass is 362 g/mol. The molecule has 2 heterocycles. The molecule has 1 aliphatic heterocycles. The second kappa shape index (κ2) is 6.82. The van der Waals surface area contributed by atoms with Gasteiger partial charge in [-0.25, -0.2) is 4.68 Å². The molecule has 0 bridgehead atoms. The highest BCUT2D eigenvalue weighted by Crippen LogP contribution is 2.42. The van der Waals surface area contributed by atoms with Gasteiger partial charge >= 0.3 is 0 Å². The zero-order chi connectivity index (χ0) is 19.1. The maximum atomic E-state index is 11.0. The second-order valence-corrected chi connectivity index (χ2v) is 7.78. The number of rotatable bonds is 3. The fourth-order valence-corrected chi connectivity index (χ4v) is 3.77. The van der Waals surface area contributed by atoms with E-state index in [9.17, 15) is 5.11 Å². The summed E-state index contributed by atoms with van der Waals surface area (Å²) in [6.45, 7) is 8.94. The van der Waals surface area contributed by atoms with Crippen LogP contribution in [0.15, 0.2) is 48.5 Å². The van der Waals surface area contributed by atoms with E-state index in [-0.39, 0.29) is 12.0 Å². The van der Waals surface area contributed by atoms with Crippen LogP contribution >= 0.6 is 0 Å². The third-order valence-electron chi connectivity index (χ3n) is 5.18. The first-order valence-electron chi connectivity index (χ1n) is 9.56. The molecule has 4 rings (SSSR count). The zero-order valence-corrected chi connectivity index (χ0v) is 16.3. The van der Waals surface area contributed by atoms with Crippen molar-refractivity contribution >= 4 is 5.69 Å². The van der Waals surface area contributed by atoms with E-state index in [1.165, 1.54) is 0 Å². The molecule has 0 amide bonds. The van der Waals surface area contributed by atoms with Crippen molar-refractivity contribution in [2.45, 2.75) is 46.5 Å². The molecular weight excluding hydrogens is 336 g/mol. The first-order chi connectivity index (χ1) is 13.0. The summed E-state index contributed by atoms with van der Waals surface area (Å²) in [6.07, 6.45) is -0.580. The molecular formula is C22H26N4O. The van der Waals surface area contributed by atoms with Crippen LogP contribution in [0.25, 0.3) is 22.5 Å². The SMILES string of the molecule is CC(C)C(O)N1Cc2ccccc2-c2nnn(C(C)C)c2-c2ccccc21. The molecule has 1 atom stereocenters. The zero-order valence-electron chi connectivity index (χ0n) is 16.3. The molecule has 0 spiro atoms. The molecule has 0 aliphatic carbocycles. The Hall–Kier alpha value is -2.66. The lowest BCUT2D eigenvalue weighted by Gasteiger charge is -2.35. The lowest BCUT2D eigenvalue weighted by atomic mass is 9.94. The van der Waals surface area contributed by atoms with Crippen LogP contribution in [-0.4, -0.2) is 26.3 Å². The van der Waals surface area contributed by atoms with E-state index in [2.05, 4.69) is 53.3 Å². The van der Waals surface area contributed by atoms with E-state index < -0.39 is 6.23 Å². The first kappa shape index (κ1) is 17.7. The van der Waals surface area contributed by atoms with E-state index >= 15 is 0 Å². The minimum absolute atomic E-state index is 0.109. The molecule has 0 fully saturated rings. The quantitative estimate of drug-likeness (QED) is 0.746. The standard InChI is InChI=1S/C22H26N4O/c1-14(2)22(27)25-13-16-9-5-6-10-17(16)20-21(26(15(3)4)24-23-20)18-11-7-8-12-19(18)25/h5-12,14-15,22,27H,13H2,1-4H3. The summed E-state index contributed by atoms with van der Waals surface area (Å²) >= 11 is 0. The van der Waals surface area contributed by atoms with E-state index in [4.69, 9.17) is 0 Å². The van der Waals surface area contributed by atoms with Crippen LogP contribution in [0.1, 0.15) is 39.3 Å². The van der Waals surface area contributed by atoms with Crippen molar-refractivity contribution in [2.24, 2.45) is 5.92 Å². The van der Waals surface area contributed by atoms with E-state index in [0.29, 0.717) is 6.54 Å². The van der Waals surface area contributed by atoms with Gasteiger partial charge in [-0.1, -0.05) is 61.5 Å². The number of fused-ring (bicyclic) bond motifs is 5. The third kappa shape index (κ3) is 2.92. The van der Waals surface area contributed by atoms with Gasteiger partial charge in [-0.2, -0.15) is 0 Å². The molecule has 1 unspecified atom stereocenters. The predicted octanol–water partition coefficient (Wildman–Crippen LogP) is 4.49. The van der Waals surface area contributed by atoms with Crippen molar-refractivity contribution < 1.29 is 5.11 Å². The number of anilines is 1. The molecule has 1 aromatic heterocycles. The Morgan fingerprint density at radius 3 is 2.30 bits per heavy atom. The van der Waals surface area contributed by atoms with Gasteiger partial charge in [0.2, 0.25) is 0 Å². The molecule has 0 radical (unpaired) electrons. The number of hydrogen-bond acceptors (Lipinski definition) is 4. The highest BCUT2D eigenvalue weighted by atomic mass is 16.3. The smallest absolute Gasteiger partial charge is 0.129 e. The fraction of sp³-hybridized carbons (Fsp3) is 0.364. The largest absolute Gasteiger partial charge is 0.373 e. The van der Waals surface area contributed by atoms with Gasteiger partial charge in [0.25, 0.3) is 0 Å². The van der Waals surface area contributed by atoms with Crippen LogP contribution in [0.5, 0.6) is 0 Å². The number of benzene rings is 2. The van der Waals surface area contributed by atoms with Crippen LogP contribution in [0.4, 0.5) is 5.69 Å². The van der Waals surface area contributed by atoms with Gasteiger partial charge in [-0.05, 0) is 31.4 Å². The van der Waals surface area contributed by atoms with Gasteiger partial charge in [0.05, 0.1) is 5.69 Å². The van der Waals surface area contributed by atoms with E-state index in [1.54, 1.807) is 0 Å². The Morgan fingerprint density at radius 1 is 0.926 bits per heavy atom. The Balaban J connectivity index is 2.06. The molecule has 5 heteroatoms. The number of hydrogen-bond donors (Lipinski definition) is 1. The molecule has 140 valence electrons. The van der Waals surface area contributed by atoms with Gasteiger partial charge in [-0.15, -0.1) is 5.10 Å². The van der Waals surface area contributed by atoms with Crippen molar-refractivity contribution in [2.75, 3.05) is 4.90 Å². The average Bonchev–Trinajstić information content (AvgIpc) is 3.09. The summed E-state index contributed by atoms with van der Waals surface area (Å²) < 4.78 is 1.98. The van der Waals surface area contributed by atoms with Gasteiger partial charge in [-0.3, -0.25) is 0 Å². The Morgan fingerprint density at radius 2 is 1.59 bits per heavy atom. The molecule has 3 aromatic rings. The van der Waals surface area contributed by atoms with Crippen molar-refractivity contribution in [1.82, 2.24) is 15.0 Å². The predicted molar refractivity (Wildman–Crippen MR) is 108 cm³/mol. The van der Waals surface area contributed by atoms with Gasteiger partial charge in [0, 0.05) is 29.4 Å². The van der Waals surface area contributed by atoms with E-state index in [1.807, 2.05) is 42.8 Å². The molecule has 2 aromatic carbocycles. The van der Waals surface area contributed by atoms with Crippen molar-refractivity contribution in [3.63, 3.8) is 0 Å². The lowest BCUT2D eigenvalue weighted by Crippen LogP contribution is -2.39. The summed E-state index contributed by atoms with van der Waals surface area (Å²) in [7, 11) is 0. The minimum Gasteiger partial charge on any atom is -0.373 e. The van der Waals surface area contributed by atoms with E-state index in [0.717, 1.165) is 33.8 Å². The highest BCUT2D eigenvalue weighted by Gasteiger charge is 2.30. The maximum Gasteiger partial charge on any atom is 0.129 e. The van der Waals surface area contributed by atoms with Gasteiger partial charge in [0.15, 0.2) is 0 Å². The Bertz CT molecular complexity index is 960. The summed E-state index contributed by atoms with van der Waals surface area (Å²) in [5.74, 6) is 0.109. The molecule has 0 saturated heterocycles. The topological polar surface area (TPSA) is 54.2 Å². The maximum absolute atomic E-state index is 11.0. The number of aliphatic hydroxyl groups excluding tert-OH is 1. The Kier molecular flexibility index (Phi) is 4.48. The highest BCUT2D eigenvalue weighted by molar-refractivity contribution is 5.88. The fourth-order valence-electron chi connectivity index (χ4n) is 3.77. The summed E-state index contributed by atoms with van der Waals surface area (Å²) in [5.41, 5.74) is 6.21. The number of para-hydroxylation sites is 1. The van der Waals surface area contributed by atoms with Crippen LogP contribution in [0.3, 0.4) is 0 Å². The Labute approximate surface area is 160 Å². The van der Waals surface area contributed by atoms with Gasteiger partial charge < -0.3 is 10.0 Å². The van der Waals surface area contributed by atoms with Gasteiger partial charge in [0.1, 0.15) is 11.9 Å². The normalized spacial score (nSPS) is 14.4. The molecule has 27 heavy (non-hydrogen) atoms. The molecule has 1 N–H and O–H groups in total. The third-order valence-corrected chi connectivity index (χ3v) is 5.18. The summed E-state index contributed by atoms with van der Waals surface area (Å²) in [4.78, 5) is 2.10. The van der Waals surface area contributed by atoms with Crippen molar-refractivity contribution in [3.8, 4) is 22.5 Å². The van der Waals surface area contributed by atoms with Crippen LogP contribution < -0.4 is 4.90 Å². The summed E-state index contributed by atoms with van der Waals surface area (Å²) in [5, 5.41) is 20.0. The summed E-state index contributed by atoms with van der Waals surface area (Å²) in [6, 6.07) is 16.7. The number of nitrogens with zero attached hydrogens (tertiary/aromatic N) is 4. The van der Waals surface area contributed by atoms with Crippen molar-refractivity contribution in [3.05, 3.63) is 54.1 Å². The molecule has 1 aliphatic rings. The lowest BCUT2D eigenvalue weighted by molar-refractivity contribution is 0.119. The molecule has 0 saturated carbocycles. The number of aromatic nitrogens is 3. The van der Waals surface area contributed by atoms with Crippen LogP contribution in [-0.2, 0) is 6.54 Å². The van der Waals surface area contributed by atoms with Crippen LogP contribution in [0.2, 0.25) is 0 Å². The second-order valence-electron chi connectivity index (χ2n) is 7.78. The first-order valence-corrected chi connectivity index (χ1v) is 9.56. The number of aliphatic hydroxyl groups is 1. The molecule has 5 nitrogen and oxygen atoms in total. The van der Waals surface area contributed by atoms with Crippen molar-refractivity contribution in [1.29, 1.82) is 0 Å².